The number of thiazole rings is 1. The molecule has 0 bridgehead atoms. The summed E-state index contributed by atoms with van der Waals surface area (Å²) in [5.41, 5.74) is 3.95. The number of nitrogens with zero attached hydrogens (tertiary/aromatic N) is 3. The highest BCUT2D eigenvalue weighted by Crippen LogP contribution is 2.36. The molecule has 5 aromatic rings. The van der Waals surface area contributed by atoms with Crippen LogP contribution < -0.4 is 4.90 Å². The summed E-state index contributed by atoms with van der Waals surface area (Å²) in [7, 11) is 0. The van der Waals surface area contributed by atoms with E-state index in [1.165, 1.54) is 28.4 Å². The van der Waals surface area contributed by atoms with Crippen LogP contribution >= 0.6 is 23.1 Å². The lowest BCUT2D eigenvalue weighted by molar-refractivity contribution is -0.384. The highest BCUT2D eigenvalue weighted by Gasteiger charge is 2.36. The van der Waals surface area contributed by atoms with E-state index in [1.54, 1.807) is 48.2 Å². The van der Waals surface area contributed by atoms with E-state index in [0.717, 1.165) is 31.0 Å². The van der Waals surface area contributed by atoms with E-state index in [0.29, 0.717) is 22.6 Å². The van der Waals surface area contributed by atoms with Crippen molar-refractivity contribution in [1.29, 1.82) is 0 Å². The number of H-pyrrole nitrogens is 1. The fraction of sp³-hybridized carbons (Fsp3) is 0.0417. The number of non-ortho nitro benzene ring substituents is 1. The van der Waals surface area contributed by atoms with Gasteiger partial charge in [0.2, 0.25) is 0 Å². The molecule has 0 saturated heterocycles. The number of aromatic amines is 1. The smallest absolute Gasteiger partial charge is 0.271 e. The third-order valence-corrected chi connectivity index (χ3v) is 7.93. The number of carbonyl (C=O) groups excluding carboxylic acids is 2. The van der Waals surface area contributed by atoms with Gasteiger partial charge in [-0.3, -0.25) is 19.7 Å². The summed E-state index contributed by atoms with van der Waals surface area (Å²) in [6.07, 6.45) is 1.86. The van der Waals surface area contributed by atoms with Crippen LogP contribution in [-0.2, 0) is 5.75 Å². The van der Waals surface area contributed by atoms with Crippen molar-refractivity contribution in [2.24, 2.45) is 0 Å². The minimum Gasteiger partial charge on any atom is -0.361 e. The van der Waals surface area contributed by atoms with E-state index < -0.39 is 4.92 Å². The number of amides is 2. The van der Waals surface area contributed by atoms with Crippen LogP contribution in [0.25, 0.3) is 21.1 Å². The van der Waals surface area contributed by atoms with Crippen molar-refractivity contribution in [2.75, 3.05) is 4.90 Å². The Morgan fingerprint density at radius 3 is 2.53 bits per heavy atom. The third kappa shape index (κ3) is 3.27. The van der Waals surface area contributed by atoms with E-state index in [4.69, 9.17) is 0 Å². The maximum atomic E-state index is 12.8. The lowest BCUT2D eigenvalue weighted by atomic mass is 10.1. The lowest BCUT2D eigenvalue weighted by Gasteiger charge is -2.13. The molecule has 0 atom stereocenters. The summed E-state index contributed by atoms with van der Waals surface area (Å²) in [4.78, 5) is 45.1. The molecule has 1 N–H and O–H groups in total. The van der Waals surface area contributed by atoms with Crippen molar-refractivity contribution >= 4 is 67.4 Å². The Labute approximate surface area is 200 Å². The highest BCUT2D eigenvalue weighted by atomic mass is 32.2. The standard InChI is InChI=1S/C24H14N4O4S2/c29-22-17-3-1-2-4-18(17)23(30)27(22)14-6-8-19-21(10-14)34-24(26-19)33-12-13-11-25-20-9-15(28(31)32)5-7-16(13)20/h1-11,25H,12H2. The van der Waals surface area contributed by atoms with Crippen LogP contribution in [0.3, 0.4) is 0 Å². The number of nitro benzene ring substituents is 1. The average Bonchev–Trinajstić information content (AvgIpc) is 3.51. The van der Waals surface area contributed by atoms with Crippen LogP contribution in [-0.4, -0.2) is 26.7 Å². The van der Waals surface area contributed by atoms with Gasteiger partial charge in [0.25, 0.3) is 17.5 Å². The minimum absolute atomic E-state index is 0.0496. The molecule has 34 heavy (non-hydrogen) atoms. The first-order valence-electron chi connectivity index (χ1n) is 10.3. The molecular formula is C24H14N4O4S2. The second-order valence-corrected chi connectivity index (χ2v) is 9.97. The fourth-order valence-electron chi connectivity index (χ4n) is 4.06. The number of imide groups is 1. The maximum Gasteiger partial charge on any atom is 0.271 e. The van der Waals surface area contributed by atoms with Gasteiger partial charge in [0.05, 0.1) is 37.5 Å². The molecule has 3 heterocycles. The van der Waals surface area contributed by atoms with Crippen LogP contribution in [0, 0.1) is 10.1 Å². The molecule has 0 aliphatic carbocycles. The fourth-order valence-corrected chi connectivity index (χ4v) is 6.16. The number of nitrogens with one attached hydrogen (secondary N) is 1. The van der Waals surface area contributed by atoms with Gasteiger partial charge >= 0.3 is 0 Å². The lowest BCUT2D eigenvalue weighted by Crippen LogP contribution is -2.29. The predicted octanol–water partition coefficient (Wildman–Crippen LogP) is 5.78. The van der Waals surface area contributed by atoms with Gasteiger partial charge in [-0.05, 0) is 42.0 Å². The first-order valence-corrected chi connectivity index (χ1v) is 12.1. The molecule has 2 aromatic heterocycles. The van der Waals surface area contributed by atoms with Crippen molar-refractivity contribution in [3.8, 4) is 0 Å². The molecule has 1 aliphatic rings. The number of benzene rings is 3. The molecular weight excluding hydrogens is 472 g/mol. The third-order valence-electron chi connectivity index (χ3n) is 5.72. The second-order valence-electron chi connectivity index (χ2n) is 7.71. The van der Waals surface area contributed by atoms with Crippen molar-refractivity contribution in [3.05, 3.63) is 93.7 Å². The van der Waals surface area contributed by atoms with Gasteiger partial charge in [0.15, 0.2) is 4.34 Å². The van der Waals surface area contributed by atoms with Gasteiger partial charge in [-0.15, -0.1) is 11.3 Å². The monoisotopic (exact) mass is 486 g/mol. The van der Waals surface area contributed by atoms with E-state index >= 15 is 0 Å². The Morgan fingerprint density at radius 1 is 1.03 bits per heavy atom. The largest absolute Gasteiger partial charge is 0.361 e. The number of hydrogen-bond donors (Lipinski definition) is 1. The average molecular weight is 487 g/mol. The molecule has 6 rings (SSSR count). The highest BCUT2D eigenvalue weighted by molar-refractivity contribution is 8.00. The zero-order valence-electron chi connectivity index (χ0n) is 17.3. The molecule has 0 unspecified atom stereocenters. The first-order chi connectivity index (χ1) is 16.5. The molecule has 3 aromatic carbocycles. The van der Waals surface area contributed by atoms with Crippen LogP contribution in [0.15, 0.2) is 71.2 Å². The second kappa shape index (κ2) is 7.79. The van der Waals surface area contributed by atoms with Gasteiger partial charge in [0.1, 0.15) is 0 Å². The Balaban J connectivity index is 1.25. The van der Waals surface area contributed by atoms with Crippen LogP contribution in [0.5, 0.6) is 0 Å². The summed E-state index contributed by atoms with van der Waals surface area (Å²) in [6, 6.07) is 17.0. The van der Waals surface area contributed by atoms with Gasteiger partial charge in [-0.2, -0.15) is 0 Å². The topological polar surface area (TPSA) is 109 Å². The number of rotatable bonds is 5. The summed E-state index contributed by atoms with van der Waals surface area (Å²) < 4.78 is 1.73. The van der Waals surface area contributed by atoms with E-state index in [1.807, 2.05) is 18.3 Å². The summed E-state index contributed by atoms with van der Waals surface area (Å²) in [5, 5.41) is 11.9. The number of hydrogen-bond acceptors (Lipinski definition) is 7. The maximum absolute atomic E-state index is 12.8. The molecule has 0 spiro atoms. The van der Waals surface area contributed by atoms with E-state index in [-0.39, 0.29) is 17.5 Å². The van der Waals surface area contributed by atoms with Gasteiger partial charge in [-0.25, -0.2) is 9.88 Å². The Hall–Kier alpha value is -4.02. The van der Waals surface area contributed by atoms with Crippen LogP contribution in [0.4, 0.5) is 11.4 Å². The molecule has 0 radical (unpaired) electrons. The molecule has 10 heteroatoms. The zero-order valence-corrected chi connectivity index (χ0v) is 19.0. The molecule has 166 valence electrons. The van der Waals surface area contributed by atoms with Crippen LogP contribution in [0.2, 0.25) is 0 Å². The zero-order chi connectivity index (χ0) is 23.4. The number of fused-ring (bicyclic) bond motifs is 3. The molecule has 0 fully saturated rings. The SMILES string of the molecule is O=C1c2ccccc2C(=O)N1c1ccc2nc(SCc3c[nH]c4cc([N+](=O)[O-])ccc34)sc2c1. The summed E-state index contributed by atoms with van der Waals surface area (Å²) >= 11 is 3.06. The van der Waals surface area contributed by atoms with Crippen molar-refractivity contribution in [2.45, 2.75) is 10.1 Å². The van der Waals surface area contributed by atoms with Gasteiger partial charge < -0.3 is 4.98 Å². The Morgan fingerprint density at radius 2 is 1.79 bits per heavy atom. The number of anilines is 1. The minimum atomic E-state index is -0.411. The molecule has 8 nitrogen and oxygen atoms in total. The van der Waals surface area contributed by atoms with E-state index in [9.17, 15) is 19.7 Å². The molecule has 0 saturated carbocycles. The quantitative estimate of drug-likeness (QED) is 0.146. The Bertz CT molecular complexity index is 1620. The summed E-state index contributed by atoms with van der Waals surface area (Å²) in [5.74, 6) is 0.000348. The number of carbonyl (C=O) groups is 2. The Kier molecular flexibility index (Phi) is 4.71. The van der Waals surface area contributed by atoms with Gasteiger partial charge in [-0.1, -0.05) is 23.9 Å². The number of aromatic nitrogens is 2. The van der Waals surface area contributed by atoms with Crippen molar-refractivity contribution in [1.82, 2.24) is 9.97 Å². The van der Waals surface area contributed by atoms with Gasteiger partial charge in [0, 0.05) is 29.5 Å². The normalized spacial score (nSPS) is 13.2. The number of nitro groups is 1. The van der Waals surface area contributed by atoms with Crippen LogP contribution in [0.1, 0.15) is 26.3 Å². The molecule has 2 amide bonds. The van der Waals surface area contributed by atoms with Crippen molar-refractivity contribution in [3.63, 3.8) is 0 Å². The summed E-state index contributed by atoms with van der Waals surface area (Å²) in [6.45, 7) is 0. The molecule has 1 aliphatic heterocycles. The predicted molar refractivity (Wildman–Crippen MR) is 132 cm³/mol. The van der Waals surface area contributed by atoms with Crippen molar-refractivity contribution < 1.29 is 14.5 Å². The van der Waals surface area contributed by atoms with E-state index in [2.05, 4.69) is 9.97 Å². The first kappa shape index (κ1) is 20.6. The number of thioether (sulfide) groups is 1.